The van der Waals surface area contributed by atoms with Gasteiger partial charge in [0.1, 0.15) is 0 Å². The predicted molar refractivity (Wildman–Crippen MR) is 84.3 cm³/mol. The highest BCUT2D eigenvalue weighted by molar-refractivity contribution is 5.49. The van der Waals surface area contributed by atoms with E-state index < -0.39 is 6.10 Å². The van der Waals surface area contributed by atoms with E-state index in [0.717, 1.165) is 12.0 Å². The molecule has 1 atom stereocenters. The van der Waals surface area contributed by atoms with Gasteiger partial charge in [-0.3, -0.25) is 0 Å². The molecule has 0 radical (unpaired) electrons. The van der Waals surface area contributed by atoms with Crippen molar-refractivity contribution < 1.29 is 9.84 Å². The summed E-state index contributed by atoms with van der Waals surface area (Å²) in [4.78, 5) is 4.24. The Morgan fingerprint density at radius 3 is 2.76 bits per heavy atom. The lowest BCUT2D eigenvalue weighted by Gasteiger charge is -2.15. The Hall–Kier alpha value is -2.27. The topological polar surface area (TPSA) is 80.4 Å². The van der Waals surface area contributed by atoms with Crippen LogP contribution in [-0.2, 0) is 0 Å². The molecule has 1 aromatic carbocycles. The molecule has 21 heavy (non-hydrogen) atoms. The van der Waals surface area contributed by atoms with Gasteiger partial charge in [-0.2, -0.15) is 0 Å². The SMILES string of the molecule is CCCOc1cccnc1NCC(O)c1ccc(N)cc1. The van der Waals surface area contributed by atoms with Crippen LogP contribution in [0.15, 0.2) is 42.6 Å². The summed E-state index contributed by atoms with van der Waals surface area (Å²) < 4.78 is 5.62. The average Bonchev–Trinajstić information content (AvgIpc) is 2.52. The van der Waals surface area contributed by atoms with Crippen molar-refractivity contribution in [3.8, 4) is 5.75 Å². The number of aliphatic hydroxyl groups is 1. The fourth-order valence-electron chi connectivity index (χ4n) is 1.88. The minimum atomic E-state index is -0.633. The monoisotopic (exact) mass is 287 g/mol. The summed E-state index contributed by atoms with van der Waals surface area (Å²) in [7, 11) is 0. The van der Waals surface area contributed by atoms with Crippen LogP contribution >= 0.6 is 0 Å². The van der Waals surface area contributed by atoms with Gasteiger partial charge in [0.15, 0.2) is 11.6 Å². The third kappa shape index (κ3) is 4.36. The van der Waals surface area contributed by atoms with Crippen LogP contribution in [0.4, 0.5) is 11.5 Å². The molecule has 0 saturated heterocycles. The van der Waals surface area contributed by atoms with Gasteiger partial charge in [-0.25, -0.2) is 4.98 Å². The number of hydrogen-bond donors (Lipinski definition) is 3. The summed E-state index contributed by atoms with van der Waals surface area (Å²) in [6.45, 7) is 3.04. The fraction of sp³-hybridized carbons (Fsp3) is 0.312. The third-order valence-electron chi connectivity index (χ3n) is 3.02. The molecule has 0 spiro atoms. The van der Waals surface area contributed by atoms with Gasteiger partial charge >= 0.3 is 0 Å². The lowest BCUT2D eigenvalue weighted by molar-refractivity contribution is 0.191. The first-order valence-corrected chi connectivity index (χ1v) is 7.06. The number of anilines is 2. The fourth-order valence-corrected chi connectivity index (χ4v) is 1.88. The van der Waals surface area contributed by atoms with Gasteiger partial charge in [-0.15, -0.1) is 0 Å². The minimum absolute atomic E-state index is 0.351. The lowest BCUT2D eigenvalue weighted by atomic mass is 10.1. The van der Waals surface area contributed by atoms with Crippen LogP contribution in [0.2, 0.25) is 0 Å². The molecule has 1 aromatic heterocycles. The normalized spacial score (nSPS) is 11.9. The number of benzene rings is 1. The maximum absolute atomic E-state index is 10.2. The minimum Gasteiger partial charge on any atom is -0.490 e. The van der Waals surface area contributed by atoms with Crippen LogP contribution in [-0.4, -0.2) is 23.2 Å². The number of ether oxygens (including phenoxy) is 1. The third-order valence-corrected chi connectivity index (χ3v) is 3.02. The lowest BCUT2D eigenvalue weighted by Crippen LogP contribution is -2.14. The quantitative estimate of drug-likeness (QED) is 0.682. The molecular formula is C16H21N3O2. The van der Waals surface area contributed by atoms with E-state index in [-0.39, 0.29) is 0 Å². The molecule has 5 heteroatoms. The molecule has 4 N–H and O–H groups in total. The van der Waals surface area contributed by atoms with E-state index in [2.05, 4.69) is 10.3 Å². The number of nitrogens with zero attached hydrogens (tertiary/aromatic N) is 1. The number of aromatic nitrogens is 1. The van der Waals surface area contributed by atoms with Gasteiger partial charge in [0.05, 0.1) is 12.7 Å². The molecule has 0 aliphatic heterocycles. The van der Waals surface area contributed by atoms with Crippen LogP contribution in [0.3, 0.4) is 0 Å². The predicted octanol–water partition coefficient (Wildman–Crippen LogP) is 2.60. The highest BCUT2D eigenvalue weighted by Gasteiger charge is 2.10. The van der Waals surface area contributed by atoms with Crippen molar-refractivity contribution in [3.05, 3.63) is 48.2 Å². The zero-order valence-electron chi connectivity index (χ0n) is 12.1. The van der Waals surface area contributed by atoms with Gasteiger partial charge in [0.25, 0.3) is 0 Å². The zero-order valence-corrected chi connectivity index (χ0v) is 12.1. The number of nitrogens with one attached hydrogen (secondary N) is 1. The summed E-state index contributed by atoms with van der Waals surface area (Å²) in [5.74, 6) is 1.34. The Balaban J connectivity index is 1.97. The summed E-state index contributed by atoms with van der Waals surface area (Å²) >= 11 is 0. The Labute approximate surface area is 124 Å². The van der Waals surface area contributed by atoms with E-state index in [0.29, 0.717) is 30.4 Å². The summed E-state index contributed by atoms with van der Waals surface area (Å²) in [5.41, 5.74) is 7.12. The molecule has 2 aromatic rings. The molecule has 0 aliphatic carbocycles. The van der Waals surface area contributed by atoms with Crippen molar-refractivity contribution in [1.82, 2.24) is 4.98 Å². The standard InChI is InChI=1S/C16H21N3O2/c1-2-10-21-15-4-3-9-18-16(15)19-11-14(20)12-5-7-13(17)8-6-12/h3-9,14,20H,2,10-11,17H2,1H3,(H,18,19). The van der Waals surface area contributed by atoms with E-state index in [1.54, 1.807) is 18.3 Å². The Morgan fingerprint density at radius 1 is 1.29 bits per heavy atom. The van der Waals surface area contributed by atoms with E-state index in [1.807, 2.05) is 31.2 Å². The van der Waals surface area contributed by atoms with Gasteiger partial charge in [-0.1, -0.05) is 19.1 Å². The number of nitrogen functional groups attached to an aromatic ring is 1. The smallest absolute Gasteiger partial charge is 0.168 e. The molecule has 2 rings (SSSR count). The molecule has 0 fully saturated rings. The first-order chi connectivity index (χ1) is 10.2. The summed E-state index contributed by atoms with van der Waals surface area (Å²) in [6, 6.07) is 10.9. The Kier molecular flexibility index (Phi) is 5.40. The Morgan fingerprint density at radius 2 is 2.05 bits per heavy atom. The summed E-state index contributed by atoms with van der Waals surface area (Å²) in [6.07, 6.45) is 1.99. The molecule has 112 valence electrons. The van der Waals surface area contributed by atoms with Crippen molar-refractivity contribution in [2.75, 3.05) is 24.2 Å². The van der Waals surface area contributed by atoms with E-state index >= 15 is 0 Å². The number of nitrogens with two attached hydrogens (primary N) is 1. The first kappa shape index (κ1) is 15.1. The Bertz CT molecular complexity index is 558. The van der Waals surface area contributed by atoms with Crippen molar-refractivity contribution in [1.29, 1.82) is 0 Å². The summed E-state index contributed by atoms with van der Waals surface area (Å²) in [5, 5.41) is 13.3. The number of hydrogen-bond acceptors (Lipinski definition) is 5. The van der Waals surface area contributed by atoms with Crippen molar-refractivity contribution in [2.24, 2.45) is 0 Å². The molecule has 5 nitrogen and oxygen atoms in total. The molecule has 1 unspecified atom stereocenters. The highest BCUT2D eigenvalue weighted by atomic mass is 16.5. The molecule has 0 aliphatic rings. The van der Waals surface area contributed by atoms with Crippen LogP contribution in [0.25, 0.3) is 0 Å². The molecule has 0 amide bonds. The number of rotatable bonds is 7. The van der Waals surface area contributed by atoms with Crippen LogP contribution < -0.4 is 15.8 Å². The van der Waals surface area contributed by atoms with Crippen molar-refractivity contribution in [2.45, 2.75) is 19.4 Å². The zero-order chi connectivity index (χ0) is 15.1. The maximum atomic E-state index is 10.2. The second kappa shape index (κ2) is 7.50. The van der Waals surface area contributed by atoms with Crippen molar-refractivity contribution >= 4 is 11.5 Å². The maximum Gasteiger partial charge on any atom is 0.168 e. The number of pyridine rings is 1. The average molecular weight is 287 g/mol. The van der Waals surface area contributed by atoms with E-state index in [4.69, 9.17) is 10.5 Å². The largest absolute Gasteiger partial charge is 0.490 e. The molecule has 1 heterocycles. The van der Waals surface area contributed by atoms with Gasteiger partial charge in [0.2, 0.25) is 0 Å². The van der Waals surface area contributed by atoms with E-state index in [1.165, 1.54) is 0 Å². The number of aliphatic hydroxyl groups excluding tert-OH is 1. The van der Waals surface area contributed by atoms with E-state index in [9.17, 15) is 5.11 Å². The second-order valence-electron chi connectivity index (χ2n) is 4.76. The van der Waals surface area contributed by atoms with Gasteiger partial charge in [-0.05, 0) is 36.2 Å². The molecule has 0 saturated carbocycles. The van der Waals surface area contributed by atoms with Crippen molar-refractivity contribution in [3.63, 3.8) is 0 Å². The van der Waals surface area contributed by atoms with Crippen LogP contribution in [0.1, 0.15) is 25.0 Å². The first-order valence-electron chi connectivity index (χ1n) is 7.06. The molecule has 0 bridgehead atoms. The van der Waals surface area contributed by atoms with Crippen LogP contribution in [0.5, 0.6) is 5.75 Å². The second-order valence-corrected chi connectivity index (χ2v) is 4.76. The van der Waals surface area contributed by atoms with Gasteiger partial charge < -0.3 is 20.9 Å². The highest BCUT2D eigenvalue weighted by Crippen LogP contribution is 2.22. The van der Waals surface area contributed by atoms with Crippen LogP contribution in [0, 0.1) is 0 Å². The molecular weight excluding hydrogens is 266 g/mol. The van der Waals surface area contributed by atoms with Gasteiger partial charge in [0, 0.05) is 18.4 Å².